The van der Waals surface area contributed by atoms with E-state index in [0.29, 0.717) is 0 Å². The van der Waals surface area contributed by atoms with E-state index in [9.17, 15) is 4.79 Å². The van der Waals surface area contributed by atoms with Gasteiger partial charge in [-0.2, -0.15) is 5.10 Å². The number of alkyl carbamates (subject to hydrolysis) is 1. The number of carbonyl (C=O) groups excluding carboxylic acids is 1. The van der Waals surface area contributed by atoms with Crippen molar-refractivity contribution >= 4 is 6.09 Å². The Hall–Kier alpha value is -2.31. The van der Waals surface area contributed by atoms with E-state index in [0.717, 1.165) is 11.4 Å². The number of H-pyrrole nitrogens is 1. The van der Waals surface area contributed by atoms with Gasteiger partial charge in [0.2, 0.25) is 0 Å². The first-order valence-corrected chi connectivity index (χ1v) is 6.38. The monoisotopic (exact) mass is 277 g/mol. The molecule has 1 atom stereocenters. The van der Waals surface area contributed by atoms with Crippen molar-refractivity contribution in [2.24, 2.45) is 0 Å². The third-order valence-electron chi connectivity index (χ3n) is 2.61. The van der Waals surface area contributed by atoms with Crippen LogP contribution in [0.3, 0.4) is 0 Å². The van der Waals surface area contributed by atoms with Gasteiger partial charge < -0.3 is 10.1 Å². The van der Waals surface area contributed by atoms with Crippen LogP contribution >= 0.6 is 0 Å². The third kappa shape index (κ3) is 3.37. The van der Waals surface area contributed by atoms with Crippen LogP contribution in [0, 0.1) is 0 Å². The van der Waals surface area contributed by atoms with Crippen molar-refractivity contribution in [2.75, 3.05) is 0 Å². The Morgan fingerprint density at radius 3 is 2.80 bits per heavy atom. The maximum atomic E-state index is 11.8. The Labute approximate surface area is 117 Å². The number of imidazole rings is 1. The molecule has 7 heteroatoms. The van der Waals surface area contributed by atoms with Gasteiger partial charge in [0.25, 0.3) is 0 Å². The first-order chi connectivity index (χ1) is 9.37. The van der Waals surface area contributed by atoms with Crippen molar-refractivity contribution in [1.82, 2.24) is 25.1 Å². The molecule has 108 valence electrons. The number of hydrogen-bond acceptors (Lipinski definition) is 4. The largest absolute Gasteiger partial charge is 0.444 e. The van der Waals surface area contributed by atoms with Crippen LogP contribution in [0.25, 0.3) is 5.69 Å². The minimum atomic E-state index is -0.519. The van der Waals surface area contributed by atoms with Crippen LogP contribution in [0.15, 0.2) is 24.9 Å². The van der Waals surface area contributed by atoms with E-state index < -0.39 is 11.7 Å². The van der Waals surface area contributed by atoms with E-state index >= 15 is 0 Å². The quantitative estimate of drug-likeness (QED) is 0.900. The number of ether oxygens (including phenoxy) is 1. The van der Waals surface area contributed by atoms with Crippen LogP contribution in [-0.4, -0.2) is 31.4 Å². The van der Waals surface area contributed by atoms with Crippen LogP contribution in [0.5, 0.6) is 0 Å². The predicted octanol–water partition coefficient (Wildman–Crippen LogP) is 2.18. The molecular weight excluding hydrogens is 258 g/mol. The van der Waals surface area contributed by atoms with Crippen LogP contribution in [-0.2, 0) is 4.74 Å². The maximum Gasteiger partial charge on any atom is 0.408 e. The molecule has 2 aromatic rings. The van der Waals surface area contributed by atoms with E-state index in [4.69, 9.17) is 4.74 Å². The smallest absolute Gasteiger partial charge is 0.408 e. The number of hydrogen-bond donors (Lipinski definition) is 2. The molecule has 0 fully saturated rings. The number of nitrogens with zero attached hydrogens (tertiary/aromatic N) is 3. The Bertz CT molecular complexity index is 568. The molecule has 0 unspecified atom stereocenters. The van der Waals surface area contributed by atoms with E-state index in [-0.39, 0.29) is 6.04 Å². The lowest BCUT2D eigenvalue weighted by molar-refractivity contribution is 0.0506. The van der Waals surface area contributed by atoms with Crippen molar-refractivity contribution in [3.63, 3.8) is 0 Å². The molecule has 0 aliphatic heterocycles. The molecular formula is C13H19N5O2. The second-order valence-electron chi connectivity index (χ2n) is 5.51. The van der Waals surface area contributed by atoms with Crippen molar-refractivity contribution in [1.29, 1.82) is 0 Å². The number of aromatic nitrogens is 4. The van der Waals surface area contributed by atoms with Crippen molar-refractivity contribution in [3.8, 4) is 5.69 Å². The number of rotatable bonds is 3. The molecule has 20 heavy (non-hydrogen) atoms. The molecule has 2 aromatic heterocycles. The Morgan fingerprint density at radius 1 is 1.45 bits per heavy atom. The summed E-state index contributed by atoms with van der Waals surface area (Å²) >= 11 is 0. The fourth-order valence-corrected chi connectivity index (χ4v) is 1.78. The van der Waals surface area contributed by atoms with E-state index in [1.807, 2.05) is 32.3 Å². The number of carbonyl (C=O) groups is 1. The lowest BCUT2D eigenvalue weighted by atomic mass is 10.2. The summed E-state index contributed by atoms with van der Waals surface area (Å²) in [6.07, 6.45) is 6.36. The van der Waals surface area contributed by atoms with E-state index in [1.165, 1.54) is 0 Å². The summed E-state index contributed by atoms with van der Waals surface area (Å²) in [5.41, 5.74) is 1.18. The zero-order valence-electron chi connectivity index (χ0n) is 12.0. The Morgan fingerprint density at radius 2 is 2.20 bits per heavy atom. The van der Waals surface area contributed by atoms with Crippen molar-refractivity contribution in [2.45, 2.75) is 39.3 Å². The molecule has 0 radical (unpaired) electrons. The molecule has 0 aliphatic rings. The minimum absolute atomic E-state index is 0.234. The second-order valence-corrected chi connectivity index (χ2v) is 5.51. The molecule has 0 saturated heterocycles. The van der Waals surface area contributed by atoms with E-state index in [2.05, 4.69) is 20.5 Å². The molecule has 2 N–H and O–H groups in total. The average Bonchev–Trinajstić information content (AvgIpc) is 2.97. The van der Waals surface area contributed by atoms with Gasteiger partial charge in [0.15, 0.2) is 0 Å². The highest BCUT2D eigenvalue weighted by Gasteiger charge is 2.20. The van der Waals surface area contributed by atoms with Gasteiger partial charge in [0.05, 0.1) is 36.1 Å². The predicted molar refractivity (Wildman–Crippen MR) is 73.5 cm³/mol. The standard InChI is InChI=1S/C13H19N5O2/c1-9(17-12(19)20-13(2,3)4)11-7-14-8-18(11)10-5-15-16-6-10/h5-9H,1-4H3,(H,15,16)(H,17,19)/t9-/m1/s1. The Balaban J connectivity index is 2.09. The van der Waals surface area contributed by atoms with Crippen LogP contribution < -0.4 is 5.32 Å². The van der Waals surface area contributed by atoms with Gasteiger partial charge in [-0.15, -0.1) is 0 Å². The Kier molecular flexibility index (Phi) is 3.78. The first kappa shape index (κ1) is 14.1. The number of amides is 1. The van der Waals surface area contributed by atoms with Crippen LogP contribution in [0.2, 0.25) is 0 Å². The summed E-state index contributed by atoms with van der Waals surface area (Å²) in [4.78, 5) is 15.9. The fraction of sp³-hybridized carbons (Fsp3) is 0.462. The SMILES string of the molecule is C[C@@H](NC(=O)OC(C)(C)C)c1cncn1-c1cn[nH]c1. The topological polar surface area (TPSA) is 84.8 Å². The maximum absolute atomic E-state index is 11.8. The first-order valence-electron chi connectivity index (χ1n) is 6.38. The molecule has 2 heterocycles. The molecule has 0 aliphatic carbocycles. The van der Waals surface area contributed by atoms with Gasteiger partial charge in [0.1, 0.15) is 5.60 Å². The van der Waals surface area contributed by atoms with Crippen molar-refractivity contribution in [3.05, 3.63) is 30.6 Å². The molecule has 1 amide bonds. The van der Waals surface area contributed by atoms with Gasteiger partial charge in [-0.1, -0.05) is 0 Å². The molecule has 2 rings (SSSR count). The summed E-state index contributed by atoms with van der Waals surface area (Å²) in [7, 11) is 0. The van der Waals surface area contributed by atoms with E-state index in [1.54, 1.807) is 24.9 Å². The number of nitrogens with one attached hydrogen (secondary N) is 2. The van der Waals surface area contributed by atoms with Crippen molar-refractivity contribution < 1.29 is 9.53 Å². The third-order valence-corrected chi connectivity index (χ3v) is 2.61. The molecule has 0 bridgehead atoms. The summed E-state index contributed by atoms with van der Waals surface area (Å²) in [5, 5.41) is 9.44. The summed E-state index contributed by atoms with van der Waals surface area (Å²) in [5.74, 6) is 0. The number of aromatic amines is 1. The van der Waals surface area contributed by atoms with Gasteiger partial charge >= 0.3 is 6.09 Å². The highest BCUT2D eigenvalue weighted by Crippen LogP contribution is 2.17. The second kappa shape index (κ2) is 5.36. The molecule has 0 spiro atoms. The lowest BCUT2D eigenvalue weighted by Crippen LogP contribution is -2.34. The molecule has 0 saturated carbocycles. The van der Waals surface area contributed by atoms with Gasteiger partial charge in [0, 0.05) is 6.20 Å². The van der Waals surface area contributed by atoms with Gasteiger partial charge in [-0.05, 0) is 27.7 Å². The molecule has 7 nitrogen and oxygen atoms in total. The van der Waals surface area contributed by atoms with Crippen LogP contribution in [0.1, 0.15) is 39.4 Å². The summed E-state index contributed by atoms with van der Waals surface area (Å²) < 4.78 is 7.09. The average molecular weight is 277 g/mol. The summed E-state index contributed by atoms with van der Waals surface area (Å²) in [6.45, 7) is 7.35. The minimum Gasteiger partial charge on any atom is -0.444 e. The highest BCUT2D eigenvalue weighted by molar-refractivity contribution is 5.68. The van der Waals surface area contributed by atoms with Crippen LogP contribution in [0.4, 0.5) is 4.79 Å². The molecule has 0 aromatic carbocycles. The van der Waals surface area contributed by atoms with Gasteiger partial charge in [-0.25, -0.2) is 9.78 Å². The summed E-state index contributed by atoms with van der Waals surface area (Å²) in [6, 6.07) is -0.234. The van der Waals surface area contributed by atoms with Gasteiger partial charge in [-0.3, -0.25) is 9.67 Å². The zero-order chi connectivity index (χ0) is 14.8. The normalized spacial score (nSPS) is 13.0. The zero-order valence-corrected chi connectivity index (χ0v) is 12.0. The highest BCUT2D eigenvalue weighted by atomic mass is 16.6. The fourth-order valence-electron chi connectivity index (χ4n) is 1.78. The lowest BCUT2D eigenvalue weighted by Gasteiger charge is -2.22.